The Morgan fingerprint density at radius 1 is 1.07 bits per heavy atom. The molecule has 0 bridgehead atoms. The summed E-state index contributed by atoms with van der Waals surface area (Å²) < 4.78 is 7.90. The number of ether oxygens (including phenoxy) is 1. The number of benzene rings is 1. The third-order valence-corrected chi connectivity index (χ3v) is 8.33. The van der Waals surface area contributed by atoms with Gasteiger partial charge in [-0.1, -0.05) is 6.07 Å². The summed E-state index contributed by atoms with van der Waals surface area (Å²) in [6, 6.07) is 8.55. The molecule has 1 aromatic carbocycles. The maximum Gasteiger partial charge on any atom is 0.222 e. The fourth-order valence-electron chi connectivity index (χ4n) is 6.20. The zero-order valence-corrected chi connectivity index (χ0v) is 24.6. The molecular weight excluding hydrogens is 502 g/mol. The van der Waals surface area contributed by atoms with Crippen LogP contribution in [0.5, 0.6) is 5.75 Å². The number of carbonyl (C=O) groups is 1. The Kier molecular flexibility index (Phi) is 9.22. The minimum atomic E-state index is -0.0685. The van der Waals surface area contributed by atoms with Gasteiger partial charge in [0.2, 0.25) is 5.91 Å². The van der Waals surface area contributed by atoms with Crippen LogP contribution in [0.3, 0.4) is 0 Å². The highest BCUT2D eigenvalue weighted by molar-refractivity contribution is 5.95. The van der Waals surface area contributed by atoms with E-state index in [1.54, 1.807) is 7.11 Å². The number of aryl methyl sites for hydroxylation is 1. The maximum absolute atomic E-state index is 13.2. The van der Waals surface area contributed by atoms with Crippen LogP contribution in [0.25, 0.3) is 10.9 Å². The van der Waals surface area contributed by atoms with Gasteiger partial charge < -0.3 is 19.9 Å². The number of nitrogens with zero attached hydrogens (tertiary/aromatic N) is 6. The number of rotatable bonds is 10. The summed E-state index contributed by atoms with van der Waals surface area (Å²) in [4.78, 5) is 25.2. The van der Waals surface area contributed by atoms with Crippen LogP contribution in [0.2, 0.25) is 0 Å². The van der Waals surface area contributed by atoms with Crippen molar-refractivity contribution in [3.05, 3.63) is 47.9 Å². The zero-order valence-electron chi connectivity index (χ0n) is 24.6. The van der Waals surface area contributed by atoms with Gasteiger partial charge in [0, 0.05) is 69.5 Å². The van der Waals surface area contributed by atoms with Crippen molar-refractivity contribution in [3.8, 4) is 5.75 Å². The molecule has 1 unspecified atom stereocenters. The topological polar surface area (TPSA) is 78.8 Å². The first kappa shape index (κ1) is 28.4. The lowest BCUT2D eigenvalue weighted by molar-refractivity contribution is -0.122. The first-order chi connectivity index (χ1) is 19.4. The molecule has 9 nitrogen and oxygen atoms in total. The summed E-state index contributed by atoms with van der Waals surface area (Å²) in [5, 5.41) is 9.23. The quantitative estimate of drug-likeness (QED) is 0.408. The number of anilines is 1. The third kappa shape index (κ3) is 6.41. The lowest BCUT2D eigenvalue weighted by Gasteiger charge is -2.30. The molecule has 0 saturated carbocycles. The van der Waals surface area contributed by atoms with E-state index in [1.807, 2.05) is 23.1 Å². The molecule has 40 heavy (non-hydrogen) atoms. The molecular formula is C31H45N7O2. The predicted octanol–water partition coefficient (Wildman–Crippen LogP) is 4.18. The summed E-state index contributed by atoms with van der Waals surface area (Å²) in [6.45, 7) is 13.7. The minimum absolute atomic E-state index is 0.0685. The summed E-state index contributed by atoms with van der Waals surface area (Å²) in [6.07, 6.45) is 7.81. The average molecular weight is 548 g/mol. The molecule has 2 fully saturated rings. The number of pyridine rings is 1. The van der Waals surface area contributed by atoms with Crippen molar-refractivity contribution < 1.29 is 9.53 Å². The smallest absolute Gasteiger partial charge is 0.222 e. The van der Waals surface area contributed by atoms with Gasteiger partial charge in [0.25, 0.3) is 0 Å². The number of fused-ring (bicyclic) bond motifs is 1. The Morgan fingerprint density at radius 3 is 2.65 bits per heavy atom. The molecule has 9 heteroatoms. The van der Waals surface area contributed by atoms with Gasteiger partial charge in [0.1, 0.15) is 11.4 Å². The minimum Gasteiger partial charge on any atom is -0.494 e. The van der Waals surface area contributed by atoms with Crippen molar-refractivity contribution in [2.45, 2.75) is 58.5 Å². The molecule has 4 heterocycles. The van der Waals surface area contributed by atoms with Crippen molar-refractivity contribution >= 4 is 22.5 Å². The van der Waals surface area contributed by atoms with E-state index in [-0.39, 0.29) is 18.0 Å². The largest absolute Gasteiger partial charge is 0.494 e. The molecule has 2 saturated heterocycles. The van der Waals surface area contributed by atoms with Gasteiger partial charge in [-0.3, -0.25) is 19.4 Å². The fourth-order valence-corrected chi connectivity index (χ4v) is 6.20. The number of likely N-dealkylation sites (tertiary alicyclic amines) is 1. The Bertz CT molecular complexity index is 1280. The van der Waals surface area contributed by atoms with E-state index in [1.165, 1.54) is 12.8 Å². The molecule has 0 radical (unpaired) electrons. The maximum atomic E-state index is 13.2. The van der Waals surface area contributed by atoms with Gasteiger partial charge >= 0.3 is 0 Å². The first-order valence-corrected chi connectivity index (χ1v) is 14.9. The number of aromatic nitrogens is 3. The summed E-state index contributed by atoms with van der Waals surface area (Å²) in [5.41, 5.74) is 4.13. The van der Waals surface area contributed by atoms with Crippen molar-refractivity contribution in [1.29, 1.82) is 0 Å². The number of amides is 1. The number of methoxy groups -OCH3 is 1. The van der Waals surface area contributed by atoms with Gasteiger partial charge in [0.15, 0.2) is 0 Å². The van der Waals surface area contributed by atoms with E-state index >= 15 is 0 Å². The van der Waals surface area contributed by atoms with Crippen molar-refractivity contribution in [2.24, 2.45) is 0 Å². The molecule has 2 aliphatic heterocycles. The molecule has 1 atom stereocenters. The van der Waals surface area contributed by atoms with Crippen molar-refractivity contribution in [2.75, 3.05) is 64.4 Å². The van der Waals surface area contributed by atoms with Crippen LogP contribution >= 0.6 is 0 Å². The SMILES string of the molecule is COc1c(C)cc2cccnc2c1N1CCCN(C(CC(=O)NCCN2CCCC2)c2ccn(C(C)C)n2)CC1. The number of hydrogen-bond acceptors (Lipinski definition) is 7. The molecule has 2 aliphatic rings. The van der Waals surface area contributed by atoms with Gasteiger partial charge in [0.05, 0.1) is 24.4 Å². The van der Waals surface area contributed by atoms with Crippen LogP contribution in [0, 0.1) is 6.92 Å². The second kappa shape index (κ2) is 13.0. The van der Waals surface area contributed by atoms with Crippen LogP contribution in [0.1, 0.15) is 62.9 Å². The summed E-state index contributed by atoms with van der Waals surface area (Å²) in [7, 11) is 1.74. The average Bonchev–Trinajstić information content (AvgIpc) is 3.59. The Balaban J connectivity index is 1.34. The van der Waals surface area contributed by atoms with Crippen LogP contribution < -0.4 is 15.0 Å². The number of carbonyl (C=O) groups excluding carboxylic acids is 1. The highest BCUT2D eigenvalue weighted by atomic mass is 16.5. The predicted molar refractivity (Wildman–Crippen MR) is 160 cm³/mol. The Labute approximate surface area is 238 Å². The normalized spacial score (nSPS) is 17.9. The van der Waals surface area contributed by atoms with E-state index in [4.69, 9.17) is 14.8 Å². The van der Waals surface area contributed by atoms with Crippen molar-refractivity contribution in [3.63, 3.8) is 0 Å². The molecule has 1 N–H and O–H groups in total. The van der Waals surface area contributed by atoms with Gasteiger partial charge in [-0.05, 0) is 76.9 Å². The second-order valence-electron chi connectivity index (χ2n) is 11.5. The Hall–Kier alpha value is -3.17. The third-order valence-electron chi connectivity index (χ3n) is 8.33. The van der Waals surface area contributed by atoms with E-state index in [9.17, 15) is 4.79 Å². The Morgan fingerprint density at radius 2 is 1.90 bits per heavy atom. The molecule has 0 spiro atoms. The summed E-state index contributed by atoms with van der Waals surface area (Å²) >= 11 is 0. The molecule has 0 aliphatic carbocycles. The monoisotopic (exact) mass is 547 g/mol. The van der Waals surface area contributed by atoms with E-state index in [2.05, 4.69) is 59.0 Å². The van der Waals surface area contributed by atoms with Gasteiger partial charge in [-0.2, -0.15) is 5.10 Å². The summed E-state index contributed by atoms with van der Waals surface area (Å²) in [5.74, 6) is 0.990. The molecule has 1 amide bonds. The van der Waals surface area contributed by atoms with Crippen LogP contribution in [-0.2, 0) is 4.79 Å². The lowest BCUT2D eigenvalue weighted by Crippen LogP contribution is -2.38. The second-order valence-corrected chi connectivity index (χ2v) is 11.5. The highest BCUT2D eigenvalue weighted by Gasteiger charge is 2.29. The highest BCUT2D eigenvalue weighted by Crippen LogP contribution is 2.39. The number of hydrogen-bond donors (Lipinski definition) is 1. The van der Waals surface area contributed by atoms with E-state index < -0.39 is 0 Å². The van der Waals surface area contributed by atoms with Gasteiger partial charge in [-0.25, -0.2) is 0 Å². The molecule has 216 valence electrons. The number of nitrogens with one attached hydrogen (secondary N) is 1. The molecule has 2 aromatic heterocycles. The molecule has 5 rings (SSSR count). The van der Waals surface area contributed by atoms with Crippen molar-refractivity contribution in [1.82, 2.24) is 29.9 Å². The van der Waals surface area contributed by atoms with E-state index in [0.717, 1.165) is 85.8 Å². The van der Waals surface area contributed by atoms with Crippen LogP contribution in [0.15, 0.2) is 36.7 Å². The molecule has 3 aromatic rings. The van der Waals surface area contributed by atoms with Crippen LogP contribution in [0.4, 0.5) is 5.69 Å². The van der Waals surface area contributed by atoms with E-state index in [0.29, 0.717) is 13.0 Å². The van der Waals surface area contributed by atoms with Gasteiger partial charge in [-0.15, -0.1) is 0 Å². The zero-order chi connectivity index (χ0) is 28.1. The fraction of sp³-hybridized carbons (Fsp3) is 0.581. The lowest BCUT2D eigenvalue weighted by atomic mass is 10.1. The standard InChI is InChI=1S/C31H45N7O2/c1-23(2)38-17-10-26(34-38)27(22-28(39)32-12-18-35-13-5-6-14-35)36-15-8-16-37(20-19-36)30-29-25(9-7-11-33-29)21-24(3)31(30)40-4/h7,9-11,17,21,23,27H,5-6,8,12-16,18-20,22H2,1-4H3,(H,32,39). The first-order valence-electron chi connectivity index (χ1n) is 14.9. The van der Waals surface area contributed by atoms with Crippen LogP contribution in [-0.4, -0.2) is 89.9 Å².